The summed E-state index contributed by atoms with van der Waals surface area (Å²) in [6.07, 6.45) is -5.22. The van der Waals surface area contributed by atoms with Crippen molar-refractivity contribution in [3.05, 3.63) is 52.8 Å². The van der Waals surface area contributed by atoms with Gasteiger partial charge in [-0.05, 0) is 23.6 Å². The van der Waals surface area contributed by atoms with Crippen molar-refractivity contribution < 1.29 is 56.1 Å². The minimum atomic E-state index is -5.22. The zero-order chi connectivity index (χ0) is 35.5. The first-order valence-electron chi connectivity index (χ1n) is 14.0. The molecule has 17 heteroatoms. The number of ether oxygens (including phenoxy) is 3. The van der Waals surface area contributed by atoms with Crippen LogP contribution in [-0.4, -0.2) is 77.8 Å². The van der Waals surface area contributed by atoms with E-state index >= 15 is 0 Å². The van der Waals surface area contributed by atoms with Gasteiger partial charge in [-0.2, -0.15) is 13.2 Å². The number of nitrogens with one attached hydrogen (secondary N) is 3. The van der Waals surface area contributed by atoms with Gasteiger partial charge < -0.3 is 30.2 Å². The standard InChI is InChI=1S/C30H35F3N4O10/c1-17(2)25(26(42)30(31,32)33)35-24(41)13-37-23(21-9-7-6-8-10-21)12-11-22(27(37)43)34-28(44)36-29(14-45-18(3)38,15-46-19(4)39)16-47-20(5)40/h6-12,17,25H,13-16H2,1-5H3,(H,35,41)(H2,34,36,44). The van der Waals surface area contributed by atoms with E-state index in [0.717, 1.165) is 25.3 Å². The van der Waals surface area contributed by atoms with Crippen LogP contribution < -0.4 is 21.5 Å². The summed E-state index contributed by atoms with van der Waals surface area (Å²) in [4.78, 5) is 86.4. The van der Waals surface area contributed by atoms with Crippen molar-refractivity contribution in [3.8, 4) is 11.3 Å². The van der Waals surface area contributed by atoms with Crippen LogP contribution in [0.15, 0.2) is 47.3 Å². The molecule has 1 unspecified atom stereocenters. The van der Waals surface area contributed by atoms with E-state index in [2.05, 4.69) is 10.6 Å². The lowest BCUT2D eigenvalue weighted by Crippen LogP contribution is -2.60. The number of benzene rings is 1. The van der Waals surface area contributed by atoms with Gasteiger partial charge >= 0.3 is 30.1 Å². The van der Waals surface area contributed by atoms with Crippen LogP contribution in [-0.2, 0) is 44.7 Å². The normalized spacial score (nSPS) is 12.0. The summed E-state index contributed by atoms with van der Waals surface area (Å²) in [5.74, 6) is -6.54. The van der Waals surface area contributed by atoms with Crippen LogP contribution in [0, 0.1) is 5.92 Å². The van der Waals surface area contributed by atoms with Crippen molar-refractivity contribution in [1.29, 1.82) is 0 Å². The van der Waals surface area contributed by atoms with Crippen LogP contribution in [0.25, 0.3) is 11.3 Å². The molecular formula is C30H35F3N4O10. The molecule has 256 valence electrons. The van der Waals surface area contributed by atoms with E-state index in [-0.39, 0.29) is 5.69 Å². The summed E-state index contributed by atoms with van der Waals surface area (Å²) in [5, 5.41) is 6.71. The van der Waals surface area contributed by atoms with E-state index in [4.69, 9.17) is 14.2 Å². The molecule has 3 N–H and O–H groups in total. The summed E-state index contributed by atoms with van der Waals surface area (Å²) in [6.45, 7) is 3.11. The molecular weight excluding hydrogens is 633 g/mol. The van der Waals surface area contributed by atoms with Crippen molar-refractivity contribution in [1.82, 2.24) is 15.2 Å². The number of hydrogen-bond donors (Lipinski definition) is 3. The molecule has 2 aromatic rings. The molecule has 3 amide bonds. The quantitative estimate of drug-likeness (QED) is 0.199. The van der Waals surface area contributed by atoms with Crippen LogP contribution in [0.4, 0.5) is 23.7 Å². The van der Waals surface area contributed by atoms with Crippen LogP contribution >= 0.6 is 0 Å². The number of anilines is 1. The van der Waals surface area contributed by atoms with E-state index < -0.39 is 96.9 Å². The molecule has 0 aliphatic carbocycles. The van der Waals surface area contributed by atoms with Crippen LogP contribution in [0.1, 0.15) is 34.6 Å². The SMILES string of the molecule is CC(=O)OCC(COC(C)=O)(COC(C)=O)NC(=O)Nc1ccc(-c2ccccc2)n(CC(=O)NC(C(=O)C(F)(F)F)C(C)C)c1=O. The molecule has 0 radical (unpaired) electrons. The Morgan fingerprint density at radius 3 is 1.77 bits per heavy atom. The predicted molar refractivity (Wildman–Crippen MR) is 159 cm³/mol. The monoisotopic (exact) mass is 668 g/mol. The number of halogens is 3. The second-order valence-corrected chi connectivity index (χ2v) is 10.7. The van der Waals surface area contributed by atoms with Crippen molar-refractivity contribution in [2.45, 2.75) is 58.9 Å². The average molecular weight is 669 g/mol. The smallest absolute Gasteiger partial charge is 0.452 e. The van der Waals surface area contributed by atoms with Crippen molar-refractivity contribution >= 4 is 41.3 Å². The largest absolute Gasteiger partial charge is 0.463 e. The summed E-state index contributed by atoms with van der Waals surface area (Å²) in [5.41, 5.74) is -2.61. The molecule has 47 heavy (non-hydrogen) atoms. The highest BCUT2D eigenvalue weighted by atomic mass is 19.4. The van der Waals surface area contributed by atoms with Crippen molar-refractivity contribution in [2.75, 3.05) is 25.1 Å². The highest BCUT2D eigenvalue weighted by Crippen LogP contribution is 2.22. The Labute approximate surface area is 266 Å². The minimum absolute atomic E-state index is 0.147. The number of amides is 3. The van der Waals surface area contributed by atoms with E-state index in [1.807, 2.05) is 5.32 Å². The molecule has 0 spiro atoms. The fourth-order valence-electron chi connectivity index (χ4n) is 4.11. The first-order chi connectivity index (χ1) is 21.8. The lowest BCUT2D eigenvalue weighted by molar-refractivity contribution is -0.174. The summed E-state index contributed by atoms with van der Waals surface area (Å²) in [7, 11) is 0. The van der Waals surface area contributed by atoms with E-state index in [0.29, 0.717) is 5.56 Å². The molecule has 0 bridgehead atoms. The van der Waals surface area contributed by atoms with Crippen LogP contribution in [0.5, 0.6) is 0 Å². The maximum atomic E-state index is 13.6. The van der Waals surface area contributed by atoms with E-state index in [1.165, 1.54) is 26.0 Å². The number of alkyl halides is 3. The Bertz CT molecular complexity index is 1500. The molecule has 1 aromatic carbocycles. The summed E-state index contributed by atoms with van der Waals surface area (Å²) >= 11 is 0. The Kier molecular flexibility index (Phi) is 13.2. The maximum Gasteiger partial charge on any atom is 0.452 e. The maximum absolute atomic E-state index is 13.6. The molecule has 2 rings (SSSR count). The number of hydrogen-bond acceptors (Lipinski definition) is 10. The molecule has 0 fully saturated rings. The zero-order valence-electron chi connectivity index (χ0n) is 26.2. The Morgan fingerprint density at radius 2 is 1.32 bits per heavy atom. The fraction of sp³-hybridized carbons (Fsp3) is 0.433. The Morgan fingerprint density at radius 1 is 0.809 bits per heavy atom. The van der Waals surface area contributed by atoms with Gasteiger partial charge in [0.15, 0.2) is 0 Å². The third kappa shape index (κ3) is 11.6. The van der Waals surface area contributed by atoms with Gasteiger partial charge in [-0.25, -0.2) is 4.79 Å². The fourth-order valence-corrected chi connectivity index (χ4v) is 4.11. The molecule has 14 nitrogen and oxygen atoms in total. The predicted octanol–water partition coefficient (Wildman–Crippen LogP) is 2.34. The topological polar surface area (TPSA) is 188 Å². The van der Waals surface area contributed by atoms with Gasteiger partial charge in [0.25, 0.3) is 11.3 Å². The second-order valence-electron chi connectivity index (χ2n) is 10.7. The summed E-state index contributed by atoms with van der Waals surface area (Å²) < 4.78 is 55.4. The lowest BCUT2D eigenvalue weighted by atomic mass is 9.99. The number of carbonyl (C=O) groups is 6. The molecule has 1 aromatic heterocycles. The lowest BCUT2D eigenvalue weighted by Gasteiger charge is -2.32. The van der Waals surface area contributed by atoms with Gasteiger partial charge in [-0.15, -0.1) is 0 Å². The van der Waals surface area contributed by atoms with Gasteiger partial charge in [-0.1, -0.05) is 44.2 Å². The third-order valence-electron chi connectivity index (χ3n) is 6.37. The van der Waals surface area contributed by atoms with Crippen molar-refractivity contribution in [2.24, 2.45) is 5.92 Å². The number of Topliss-reactive ketones (excluding diaryl/α,β-unsaturated/α-hetero) is 1. The number of urea groups is 1. The van der Waals surface area contributed by atoms with E-state index in [1.54, 1.807) is 30.3 Å². The van der Waals surface area contributed by atoms with Gasteiger partial charge in [0.1, 0.15) is 37.6 Å². The number of aromatic nitrogens is 1. The Balaban J connectivity index is 2.49. The molecule has 1 atom stereocenters. The number of pyridine rings is 1. The Hall–Kier alpha value is -5.22. The first-order valence-corrected chi connectivity index (χ1v) is 14.0. The number of esters is 3. The minimum Gasteiger partial charge on any atom is -0.463 e. The molecule has 1 heterocycles. The highest BCUT2D eigenvalue weighted by molar-refractivity contribution is 5.93. The van der Waals surface area contributed by atoms with Crippen LogP contribution in [0.2, 0.25) is 0 Å². The molecule has 0 aliphatic heterocycles. The zero-order valence-corrected chi connectivity index (χ0v) is 26.2. The molecule has 0 saturated heterocycles. The molecule has 0 aliphatic rings. The molecule has 0 saturated carbocycles. The van der Waals surface area contributed by atoms with Crippen LogP contribution in [0.3, 0.4) is 0 Å². The number of rotatable bonds is 14. The first kappa shape index (κ1) is 38.0. The van der Waals surface area contributed by atoms with E-state index in [9.17, 15) is 46.7 Å². The second kappa shape index (κ2) is 16.4. The number of nitrogens with zero attached hydrogens (tertiary/aromatic N) is 1. The number of ketones is 1. The highest BCUT2D eigenvalue weighted by Gasteiger charge is 2.45. The third-order valence-corrected chi connectivity index (χ3v) is 6.37. The average Bonchev–Trinajstić information content (AvgIpc) is 2.98. The van der Waals surface area contributed by atoms with Crippen molar-refractivity contribution in [3.63, 3.8) is 0 Å². The number of carbonyl (C=O) groups excluding carboxylic acids is 6. The van der Waals surface area contributed by atoms with Gasteiger partial charge in [0.05, 0.1) is 11.7 Å². The van der Waals surface area contributed by atoms with Gasteiger partial charge in [0, 0.05) is 20.8 Å². The summed E-state index contributed by atoms with van der Waals surface area (Å²) in [6, 6.07) is 7.67. The van der Waals surface area contributed by atoms with Gasteiger partial charge in [0.2, 0.25) is 5.91 Å². The van der Waals surface area contributed by atoms with Gasteiger partial charge in [-0.3, -0.25) is 33.3 Å².